The molecule has 9 rings (SSSR count). The Balaban J connectivity index is 0.000000229. The predicted octanol–water partition coefficient (Wildman–Crippen LogP) is 14.5. The van der Waals surface area contributed by atoms with E-state index in [-0.39, 0.29) is 25.9 Å². The molecule has 4 aromatic heterocycles. The maximum atomic E-state index is 13.5. The molecule has 63 heavy (non-hydrogen) atoms. The molecule has 0 aliphatic carbocycles. The minimum Gasteiger partial charge on any atom is -0.499 e. The number of imidazole rings is 1. The number of nitrogens with zero attached hydrogens (tertiary/aromatic N) is 4. The van der Waals surface area contributed by atoms with Crippen LogP contribution in [0.15, 0.2) is 132 Å². The molecule has 0 aliphatic heterocycles. The monoisotopic (exact) mass is 1070 g/mol. The van der Waals surface area contributed by atoms with E-state index in [1.807, 2.05) is 48.7 Å². The van der Waals surface area contributed by atoms with Crippen LogP contribution in [0.1, 0.15) is 77.0 Å². The molecule has 0 fully saturated rings. The van der Waals surface area contributed by atoms with Crippen LogP contribution in [0.5, 0.6) is 0 Å². The average molecular weight is 1070 g/mol. The summed E-state index contributed by atoms with van der Waals surface area (Å²) in [5.41, 5.74) is 14.2. The minimum atomic E-state index is -1.90. The number of hydrogen-bond donors (Lipinski definition) is 0. The van der Waals surface area contributed by atoms with Crippen LogP contribution >= 0.6 is 0 Å². The van der Waals surface area contributed by atoms with E-state index in [0.29, 0.717) is 28.4 Å². The average Bonchev–Trinajstić information content (AvgIpc) is 3.81. The third-order valence-electron chi connectivity index (χ3n) is 11.3. The Bertz CT molecular complexity index is 3000. The molecule has 0 saturated carbocycles. The van der Waals surface area contributed by atoms with Crippen molar-refractivity contribution in [2.75, 3.05) is 0 Å². The normalized spacial score (nSPS) is 12.0. The van der Waals surface area contributed by atoms with Gasteiger partial charge in [-0.2, -0.15) is 0 Å². The fourth-order valence-electron chi connectivity index (χ4n) is 8.36. The van der Waals surface area contributed by atoms with Gasteiger partial charge in [0.1, 0.15) is 11.4 Å². The first-order chi connectivity index (χ1) is 29.6. The minimum absolute atomic E-state index is 0. The number of hydrogen-bond acceptors (Lipinski definition) is 4. The Morgan fingerprint density at radius 2 is 1.44 bits per heavy atom. The van der Waals surface area contributed by atoms with E-state index in [1.165, 1.54) is 38.9 Å². The fraction of sp³-hybridized carbons (Fsp3) is 0.255. The van der Waals surface area contributed by atoms with Gasteiger partial charge in [0.2, 0.25) is 0 Å². The number of fused-ring (bicyclic) bond motifs is 4. The van der Waals surface area contributed by atoms with E-state index in [4.69, 9.17) is 19.4 Å². The maximum absolute atomic E-state index is 13.5. The summed E-state index contributed by atoms with van der Waals surface area (Å²) in [5.74, 6) is 8.47. The van der Waals surface area contributed by atoms with Gasteiger partial charge < -0.3 is 8.98 Å². The Morgan fingerprint density at radius 3 is 2.10 bits per heavy atom. The molecule has 1 radical (unpaired) electrons. The van der Waals surface area contributed by atoms with Crippen LogP contribution in [0.2, 0.25) is 17.3 Å². The summed E-state index contributed by atoms with van der Waals surface area (Å²) in [4.78, 5) is 14.7. The Kier molecular flexibility index (Phi) is 13.4. The van der Waals surface area contributed by atoms with Gasteiger partial charge in [0.15, 0.2) is 0 Å². The van der Waals surface area contributed by atoms with E-state index in [9.17, 15) is 4.39 Å². The van der Waals surface area contributed by atoms with Gasteiger partial charge in [-0.15, -0.1) is 18.2 Å². The summed E-state index contributed by atoms with van der Waals surface area (Å²) >= 11 is -1.90. The molecule has 0 unspecified atom stereocenters. The molecule has 0 amide bonds. The molecule has 4 heterocycles. The molecule has 5 aromatic carbocycles. The topological polar surface area (TPSA) is 56.7 Å². The molecule has 0 N–H and O–H groups in total. The maximum Gasteiger partial charge on any atom is 0.139 e. The van der Waals surface area contributed by atoms with Gasteiger partial charge in [-0.1, -0.05) is 75.7 Å². The van der Waals surface area contributed by atoms with Crippen LogP contribution < -0.4 is 4.40 Å². The van der Waals surface area contributed by atoms with Crippen molar-refractivity contribution in [1.29, 1.82) is 0 Å². The van der Waals surface area contributed by atoms with Crippen molar-refractivity contribution in [2.45, 2.75) is 84.0 Å². The predicted molar refractivity (Wildman–Crippen MR) is 259 cm³/mol. The first-order valence-electron chi connectivity index (χ1n) is 21.6. The van der Waals surface area contributed by atoms with Crippen LogP contribution in [0.3, 0.4) is 0 Å². The smallest absolute Gasteiger partial charge is 0.139 e. The molecule has 0 atom stereocenters. The van der Waals surface area contributed by atoms with Gasteiger partial charge in [-0.05, 0) is 64.2 Å². The SMILES string of the molecule is CC(C)(C)Cc1cc(-c2[c-]cccc2)nc[c]1[Ge]([CH3])([CH3])[CH3].CC(C)c1cccc(C(C)C)c1-n1c(-c2[c-]ccc3c2oc2cc(-c4ccc(F)cc4)cnc23)nc2ccccc21.[Ir]. The fourth-order valence-corrected chi connectivity index (χ4v) is 11.7. The summed E-state index contributed by atoms with van der Waals surface area (Å²) in [5, 5.41) is 0.902. The number of aromatic nitrogens is 4. The van der Waals surface area contributed by atoms with Crippen LogP contribution in [0, 0.1) is 23.4 Å². The second-order valence-corrected chi connectivity index (χ2v) is 29.7. The molecule has 9 aromatic rings. The number of furan rings is 1. The summed E-state index contributed by atoms with van der Waals surface area (Å²) in [7, 11) is 0. The molecule has 8 heteroatoms. The van der Waals surface area contributed by atoms with Gasteiger partial charge in [0, 0.05) is 37.6 Å². The zero-order chi connectivity index (χ0) is 43.9. The Labute approximate surface area is 387 Å². The van der Waals surface area contributed by atoms with E-state index in [0.717, 1.165) is 62.1 Å². The molecular weight excluding hydrogens is 1020 g/mol. The van der Waals surface area contributed by atoms with Crippen molar-refractivity contribution in [3.05, 3.63) is 162 Å². The van der Waals surface area contributed by atoms with Crippen molar-refractivity contribution < 1.29 is 28.9 Å². The van der Waals surface area contributed by atoms with Gasteiger partial charge in [-0.25, -0.2) is 4.39 Å². The molecule has 5 nitrogen and oxygen atoms in total. The largest absolute Gasteiger partial charge is 0.499 e. The molecule has 0 saturated heterocycles. The first-order valence-corrected chi connectivity index (χ1v) is 29.0. The summed E-state index contributed by atoms with van der Waals surface area (Å²) in [6, 6.07) is 44.3. The van der Waals surface area contributed by atoms with Crippen LogP contribution in [-0.2, 0) is 26.5 Å². The van der Waals surface area contributed by atoms with Crippen molar-refractivity contribution in [3.8, 4) is 39.5 Å². The number of halogens is 1. The van der Waals surface area contributed by atoms with Gasteiger partial charge in [-0.3, -0.25) is 9.97 Å². The zero-order valence-electron chi connectivity index (χ0n) is 37.9. The summed E-state index contributed by atoms with van der Waals surface area (Å²) in [6.45, 7) is 15.9. The quantitative estimate of drug-likeness (QED) is 0.112. The third kappa shape index (κ3) is 9.67. The van der Waals surface area contributed by atoms with Crippen LogP contribution in [0.4, 0.5) is 4.39 Å². The summed E-state index contributed by atoms with van der Waals surface area (Å²) in [6.07, 6.45) is 5.05. The standard InChI is InChI=1S/C36H29FN3O.C19H26GeN.Ir/c1-21(2)26-9-7-10-27(22(3)4)34(26)40-31-14-6-5-13-30(31)39-36(40)29-12-8-11-28-33-32(41-35(28)29)19-24(20-38-33)23-15-17-25(37)18-16-23;1-19(2,3)13-16-12-18(15-10-8-7-9-11-15)21-14-17(16)20(4,5)6;/h5-11,13-22H,1-4H3;7-10,12,14H,13H2,1-6H3;/q2*-1;. The zero-order valence-corrected chi connectivity index (χ0v) is 42.4. The van der Waals surface area contributed by atoms with Crippen LogP contribution in [0.25, 0.3) is 72.6 Å². The Morgan fingerprint density at radius 1 is 0.746 bits per heavy atom. The first kappa shape index (κ1) is 45.8. The van der Waals surface area contributed by atoms with Crippen molar-refractivity contribution >= 4 is 50.8 Å². The van der Waals surface area contributed by atoms with E-state index < -0.39 is 13.3 Å². The van der Waals surface area contributed by atoms with Crippen molar-refractivity contribution in [3.63, 3.8) is 0 Å². The number of rotatable bonds is 8. The van der Waals surface area contributed by atoms with Crippen molar-refractivity contribution in [2.24, 2.45) is 5.41 Å². The van der Waals surface area contributed by atoms with E-state index in [1.54, 1.807) is 12.1 Å². The molecule has 0 bridgehead atoms. The number of para-hydroxylation sites is 3. The molecular formula is C55H55FGeIrN4O-2. The van der Waals surface area contributed by atoms with Gasteiger partial charge in [0.05, 0.1) is 28.0 Å². The second-order valence-electron chi connectivity index (χ2n) is 19.1. The van der Waals surface area contributed by atoms with E-state index >= 15 is 0 Å². The van der Waals surface area contributed by atoms with Crippen LogP contribution in [-0.4, -0.2) is 32.8 Å². The summed E-state index contributed by atoms with van der Waals surface area (Å²) < 4.78 is 23.9. The molecule has 0 spiro atoms. The molecule has 0 aliphatic rings. The third-order valence-corrected chi connectivity index (χ3v) is 15.6. The Hall–Kier alpha value is -5.21. The molecule has 323 valence electrons. The van der Waals surface area contributed by atoms with Crippen molar-refractivity contribution in [1.82, 2.24) is 19.5 Å². The van der Waals surface area contributed by atoms with Gasteiger partial charge >= 0.3 is 132 Å². The van der Waals surface area contributed by atoms with E-state index in [2.05, 4.69) is 137 Å². The second kappa shape index (κ2) is 18.5. The van der Waals surface area contributed by atoms with Gasteiger partial charge in [0.25, 0.3) is 0 Å². The number of benzene rings is 5. The number of pyridine rings is 2.